The van der Waals surface area contributed by atoms with Gasteiger partial charge in [0.25, 0.3) is 0 Å². The fourth-order valence-electron chi connectivity index (χ4n) is 2.43. The Morgan fingerprint density at radius 1 is 1.25 bits per heavy atom. The van der Waals surface area contributed by atoms with Gasteiger partial charge in [0.1, 0.15) is 0 Å². The van der Waals surface area contributed by atoms with Crippen LogP contribution in [0.25, 0.3) is 0 Å². The second-order valence-corrected chi connectivity index (χ2v) is 5.12. The van der Waals surface area contributed by atoms with Crippen molar-refractivity contribution in [1.82, 2.24) is 0 Å². The SMILES string of the molecule is Nc1cccc2c1CCN2C(=O)Nc1cccc(Cl)c1. The summed E-state index contributed by atoms with van der Waals surface area (Å²) in [4.78, 5) is 14.0. The first-order valence-electron chi connectivity index (χ1n) is 6.36. The fraction of sp³-hybridized carbons (Fsp3) is 0.133. The van der Waals surface area contributed by atoms with E-state index in [-0.39, 0.29) is 6.03 Å². The third-order valence-electron chi connectivity index (χ3n) is 3.38. The van der Waals surface area contributed by atoms with Crippen molar-refractivity contribution >= 4 is 34.7 Å². The van der Waals surface area contributed by atoms with Gasteiger partial charge in [0.05, 0.1) is 5.69 Å². The Kier molecular flexibility index (Phi) is 3.24. The van der Waals surface area contributed by atoms with Crippen LogP contribution in [-0.2, 0) is 6.42 Å². The molecule has 20 heavy (non-hydrogen) atoms. The maximum absolute atomic E-state index is 12.3. The van der Waals surface area contributed by atoms with Crippen LogP contribution in [0.3, 0.4) is 0 Å². The first-order valence-corrected chi connectivity index (χ1v) is 6.74. The summed E-state index contributed by atoms with van der Waals surface area (Å²) in [7, 11) is 0. The molecule has 0 fully saturated rings. The van der Waals surface area contributed by atoms with Gasteiger partial charge in [-0.1, -0.05) is 23.7 Å². The molecule has 0 spiro atoms. The van der Waals surface area contributed by atoms with Crippen LogP contribution in [0.2, 0.25) is 5.02 Å². The average molecular weight is 288 g/mol. The van der Waals surface area contributed by atoms with E-state index in [1.54, 1.807) is 29.2 Å². The Bertz CT molecular complexity index is 672. The third kappa shape index (κ3) is 2.30. The summed E-state index contributed by atoms with van der Waals surface area (Å²) < 4.78 is 0. The summed E-state index contributed by atoms with van der Waals surface area (Å²) in [6.45, 7) is 0.635. The number of hydrogen-bond donors (Lipinski definition) is 2. The van der Waals surface area contributed by atoms with E-state index in [0.29, 0.717) is 17.3 Å². The molecule has 3 N–H and O–H groups in total. The van der Waals surface area contributed by atoms with Gasteiger partial charge in [0, 0.05) is 28.5 Å². The van der Waals surface area contributed by atoms with Crippen molar-refractivity contribution in [3.8, 4) is 0 Å². The first-order chi connectivity index (χ1) is 9.65. The summed E-state index contributed by atoms with van der Waals surface area (Å²) in [5, 5.41) is 3.44. The van der Waals surface area contributed by atoms with E-state index in [1.807, 2.05) is 18.2 Å². The molecule has 4 nitrogen and oxygen atoms in total. The van der Waals surface area contributed by atoms with Crippen molar-refractivity contribution in [2.24, 2.45) is 0 Å². The molecule has 0 radical (unpaired) electrons. The summed E-state index contributed by atoms with van der Waals surface area (Å²) in [6, 6.07) is 12.6. The number of anilines is 3. The molecule has 0 aliphatic carbocycles. The lowest BCUT2D eigenvalue weighted by atomic mass is 10.1. The lowest BCUT2D eigenvalue weighted by Crippen LogP contribution is -2.33. The average Bonchev–Trinajstić information content (AvgIpc) is 2.84. The molecule has 0 atom stereocenters. The number of rotatable bonds is 1. The molecular formula is C15H14ClN3O. The number of hydrogen-bond acceptors (Lipinski definition) is 2. The quantitative estimate of drug-likeness (QED) is 0.789. The predicted molar refractivity (Wildman–Crippen MR) is 82.4 cm³/mol. The van der Waals surface area contributed by atoms with Crippen molar-refractivity contribution in [2.45, 2.75) is 6.42 Å². The highest BCUT2D eigenvalue weighted by Gasteiger charge is 2.25. The van der Waals surface area contributed by atoms with Gasteiger partial charge in [-0.2, -0.15) is 0 Å². The minimum Gasteiger partial charge on any atom is -0.398 e. The van der Waals surface area contributed by atoms with Crippen LogP contribution >= 0.6 is 11.6 Å². The van der Waals surface area contributed by atoms with Crippen molar-refractivity contribution in [3.05, 3.63) is 53.1 Å². The second-order valence-electron chi connectivity index (χ2n) is 4.69. The van der Waals surface area contributed by atoms with Crippen LogP contribution in [0.5, 0.6) is 0 Å². The molecule has 1 aliphatic heterocycles. The van der Waals surface area contributed by atoms with Crippen LogP contribution in [0, 0.1) is 0 Å². The number of nitrogens with two attached hydrogens (primary N) is 1. The smallest absolute Gasteiger partial charge is 0.326 e. The van der Waals surface area contributed by atoms with Crippen LogP contribution in [0.15, 0.2) is 42.5 Å². The van der Waals surface area contributed by atoms with E-state index in [0.717, 1.165) is 23.4 Å². The minimum absolute atomic E-state index is 0.170. The van der Waals surface area contributed by atoms with E-state index in [2.05, 4.69) is 5.32 Å². The number of carbonyl (C=O) groups excluding carboxylic acids is 1. The number of nitrogens with zero attached hydrogens (tertiary/aromatic N) is 1. The van der Waals surface area contributed by atoms with Crippen molar-refractivity contribution in [3.63, 3.8) is 0 Å². The van der Waals surface area contributed by atoms with Gasteiger partial charge in [0.2, 0.25) is 0 Å². The van der Waals surface area contributed by atoms with Gasteiger partial charge in [-0.05, 0) is 36.8 Å². The van der Waals surface area contributed by atoms with Crippen LogP contribution in [0.1, 0.15) is 5.56 Å². The van der Waals surface area contributed by atoms with Gasteiger partial charge in [-0.3, -0.25) is 4.90 Å². The first kappa shape index (κ1) is 12.8. The van der Waals surface area contributed by atoms with Gasteiger partial charge < -0.3 is 11.1 Å². The standard InChI is InChI=1S/C15H14ClN3O/c16-10-3-1-4-11(9-10)18-15(20)19-8-7-12-13(17)5-2-6-14(12)19/h1-6,9H,7-8,17H2,(H,18,20). The lowest BCUT2D eigenvalue weighted by Gasteiger charge is -2.18. The Labute approximate surface area is 122 Å². The molecule has 2 amide bonds. The van der Waals surface area contributed by atoms with Crippen LogP contribution in [0.4, 0.5) is 21.9 Å². The maximum atomic E-state index is 12.3. The molecule has 0 bridgehead atoms. The van der Waals surface area contributed by atoms with E-state index >= 15 is 0 Å². The number of nitrogen functional groups attached to an aromatic ring is 1. The fourth-order valence-corrected chi connectivity index (χ4v) is 2.62. The minimum atomic E-state index is -0.170. The summed E-state index contributed by atoms with van der Waals surface area (Å²) in [6.07, 6.45) is 0.783. The van der Waals surface area contributed by atoms with Gasteiger partial charge >= 0.3 is 6.03 Å². The van der Waals surface area contributed by atoms with Gasteiger partial charge in [-0.25, -0.2) is 4.79 Å². The van der Waals surface area contributed by atoms with E-state index in [1.165, 1.54) is 0 Å². The third-order valence-corrected chi connectivity index (χ3v) is 3.62. The zero-order chi connectivity index (χ0) is 14.1. The normalized spacial score (nSPS) is 13.2. The largest absolute Gasteiger partial charge is 0.398 e. The second kappa shape index (κ2) is 5.06. The molecule has 0 saturated carbocycles. The van der Waals surface area contributed by atoms with Crippen LogP contribution in [-0.4, -0.2) is 12.6 Å². The van der Waals surface area contributed by atoms with Gasteiger partial charge in [0.15, 0.2) is 0 Å². The van der Waals surface area contributed by atoms with E-state index < -0.39 is 0 Å². The Hall–Kier alpha value is -2.20. The monoisotopic (exact) mass is 287 g/mol. The van der Waals surface area contributed by atoms with E-state index in [4.69, 9.17) is 17.3 Å². The summed E-state index contributed by atoms with van der Waals surface area (Å²) >= 11 is 5.91. The zero-order valence-electron chi connectivity index (χ0n) is 10.8. The Morgan fingerprint density at radius 2 is 2.05 bits per heavy atom. The molecule has 102 valence electrons. The number of urea groups is 1. The number of benzene rings is 2. The highest BCUT2D eigenvalue weighted by atomic mass is 35.5. The molecule has 1 heterocycles. The molecule has 0 aromatic heterocycles. The molecule has 2 aromatic rings. The van der Waals surface area contributed by atoms with Crippen LogP contribution < -0.4 is 16.0 Å². The summed E-state index contributed by atoms with van der Waals surface area (Å²) in [5.74, 6) is 0. The highest BCUT2D eigenvalue weighted by Crippen LogP contribution is 2.32. The number of fused-ring (bicyclic) bond motifs is 1. The predicted octanol–water partition coefficient (Wildman–Crippen LogP) is 3.52. The zero-order valence-corrected chi connectivity index (χ0v) is 11.5. The number of halogens is 1. The molecule has 1 aliphatic rings. The molecule has 2 aromatic carbocycles. The number of nitrogens with one attached hydrogen (secondary N) is 1. The Morgan fingerprint density at radius 3 is 2.85 bits per heavy atom. The molecule has 3 rings (SSSR count). The van der Waals surface area contributed by atoms with E-state index in [9.17, 15) is 4.79 Å². The van der Waals surface area contributed by atoms with Gasteiger partial charge in [-0.15, -0.1) is 0 Å². The lowest BCUT2D eigenvalue weighted by molar-refractivity contribution is 0.257. The molecule has 0 unspecified atom stereocenters. The van der Waals surface area contributed by atoms with Crippen molar-refractivity contribution in [2.75, 3.05) is 22.5 Å². The molecule has 5 heteroatoms. The number of carbonyl (C=O) groups is 1. The van der Waals surface area contributed by atoms with Crippen molar-refractivity contribution < 1.29 is 4.79 Å². The number of amides is 2. The summed E-state index contributed by atoms with van der Waals surface area (Å²) in [5.41, 5.74) is 9.26. The topological polar surface area (TPSA) is 58.4 Å². The highest BCUT2D eigenvalue weighted by molar-refractivity contribution is 6.30. The Balaban J connectivity index is 1.82. The maximum Gasteiger partial charge on any atom is 0.326 e. The molecular weight excluding hydrogens is 274 g/mol. The van der Waals surface area contributed by atoms with Crippen molar-refractivity contribution in [1.29, 1.82) is 0 Å². The molecule has 0 saturated heterocycles.